The Balaban J connectivity index is 2.68. The number of rotatable bonds is 5. The molecule has 21 heavy (non-hydrogen) atoms. The van der Waals surface area contributed by atoms with Gasteiger partial charge in [-0.2, -0.15) is 4.39 Å². The van der Waals surface area contributed by atoms with E-state index < -0.39 is 28.4 Å². The van der Waals surface area contributed by atoms with E-state index in [1.807, 2.05) is 20.8 Å². The summed E-state index contributed by atoms with van der Waals surface area (Å²) in [5, 5.41) is 22.9. The van der Waals surface area contributed by atoms with Crippen molar-refractivity contribution in [1.82, 2.24) is 5.32 Å². The first-order valence-corrected chi connectivity index (χ1v) is 6.50. The number of nitrogens with zero attached hydrogens (tertiary/aromatic N) is 1. The second-order valence-electron chi connectivity index (χ2n) is 6.05. The van der Waals surface area contributed by atoms with E-state index in [2.05, 4.69) is 5.32 Å². The van der Waals surface area contributed by atoms with Crippen molar-refractivity contribution in [3.8, 4) is 0 Å². The molecule has 0 saturated heterocycles. The van der Waals surface area contributed by atoms with Crippen LogP contribution in [-0.2, 0) is 0 Å². The molecule has 1 rings (SSSR count). The Bertz CT molecular complexity index is 540. The minimum absolute atomic E-state index is 0.0222. The fraction of sp³-hybridized carbons (Fsp3) is 0.500. The topological polar surface area (TPSA) is 92.5 Å². The van der Waals surface area contributed by atoms with Crippen LogP contribution >= 0.6 is 0 Å². The van der Waals surface area contributed by atoms with Crippen molar-refractivity contribution in [3.05, 3.63) is 39.7 Å². The zero-order valence-electron chi connectivity index (χ0n) is 12.2. The minimum atomic E-state index is -0.996. The standard InChI is InChI=1S/C14H19FN2O4/c1-14(2,3)7-10(18)8-16-13(19)9-4-5-11(15)12(6-9)17(20)21/h4-6,10,18H,7-8H2,1-3H3,(H,16,19). The van der Waals surface area contributed by atoms with Crippen LogP contribution in [0.4, 0.5) is 10.1 Å². The molecule has 0 bridgehead atoms. The van der Waals surface area contributed by atoms with Crippen molar-refractivity contribution in [1.29, 1.82) is 0 Å². The molecule has 7 heteroatoms. The van der Waals surface area contributed by atoms with E-state index >= 15 is 0 Å². The fourth-order valence-corrected chi connectivity index (χ4v) is 1.89. The molecule has 0 aliphatic rings. The number of carbonyl (C=O) groups excluding carboxylic acids is 1. The highest BCUT2D eigenvalue weighted by atomic mass is 19.1. The molecule has 0 heterocycles. The van der Waals surface area contributed by atoms with E-state index in [1.54, 1.807) is 0 Å². The van der Waals surface area contributed by atoms with Crippen molar-refractivity contribution in [3.63, 3.8) is 0 Å². The van der Waals surface area contributed by atoms with Crippen molar-refractivity contribution < 1.29 is 19.2 Å². The zero-order valence-corrected chi connectivity index (χ0v) is 12.2. The van der Waals surface area contributed by atoms with Crippen LogP contribution in [0.25, 0.3) is 0 Å². The van der Waals surface area contributed by atoms with Gasteiger partial charge in [0.2, 0.25) is 5.82 Å². The van der Waals surface area contributed by atoms with Crippen molar-refractivity contribution in [2.45, 2.75) is 33.3 Å². The molecule has 1 amide bonds. The molecule has 1 atom stereocenters. The molecular formula is C14H19FN2O4. The number of hydrogen-bond donors (Lipinski definition) is 2. The number of nitro groups is 1. The number of hydrogen-bond acceptors (Lipinski definition) is 4. The first-order valence-electron chi connectivity index (χ1n) is 6.50. The molecule has 0 saturated carbocycles. The summed E-state index contributed by atoms with van der Waals surface area (Å²) < 4.78 is 13.2. The number of aliphatic hydroxyl groups is 1. The molecule has 1 aromatic rings. The summed E-state index contributed by atoms with van der Waals surface area (Å²) >= 11 is 0. The predicted octanol–water partition coefficient (Wildman–Crippen LogP) is 2.26. The third kappa shape index (κ3) is 5.47. The van der Waals surface area contributed by atoms with Crippen LogP contribution in [0.2, 0.25) is 0 Å². The molecule has 0 aromatic heterocycles. The summed E-state index contributed by atoms with van der Waals surface area (Å²) in [6, 6.07) is 2.91. The Hall–Kier alpha value is -2.02. The molecular weight excluding hydrogens is 279 g/mol. The summed E-state index contributed by atoms with van der Waals surface area (Å²) in [7, 11) is 0. The molecule has 0 aliphatic carbocycles. The maximum Gasteiger partial charge on any atom is 0.305 e. The van der Waals surface area contributed by atoms with Gasteiger partial charge in [-0.1, -0.05) is 20.8 Å². The maximum atomic E-state index is 13.2. The quantitative estimate of drug-likeness (QED) is 0.644. The zero-order chi connectivity index (χ0) is 16.2. The van der Waals surface area contributed by atoms with Gasteiger partial charge in [0.05, 0.1) is 11.0 Å². The minimum Gasteiger partial charge on any atom is -0.391 e. The number of amides is 1. The number of nitro benzene ring substituents is 1. The van der Waals surface area contributed by atoms with Crippen molar-refractivity contribution in [2.24, 2.45) is 5.41 Å². The molecule has 116 valence electrons. The first kappa shape index (κ1) is 17.0. The summed E-state index contributed by atoms with van der Waals surface area (Å²) in [5.41, 5.74) is -0.859. The smallest absolute Gasteiger partial charge is 0.305 e. The van der Waals surface area contributed by atoms with Gasteiger partial charge in [0.15, 0.2) is 0 Å². The third-order valence-corrected chi connectivity index (χ3v) is 2.75. The lowest BCUT2D eigenvalue weighted by molar-refractivity contribution is -0.387. The van der Waals surface area contributed by atoms with Gasteiger partial charge in [-0.05, 0) is 24.0 Å². The summed E-state index contributed by atoms with van der Waals surface area (Å²) in [4.78, 5) is 21.6. The first-order chi connectivity index (χ1) is 9.60. The van der Waals surface area contributed by atoms with E-state index in [1.165, 1.54) is 0 Å². The Kier molecular flexibility index (Phi) is 5.37. The van der Waals surface area contributed by atoms with Gasteiger partial charge in [-0.15, -0.1) is 0 Å². The van der Waals surface area contributed by atoms with Gasteiger partial charge in [0, 0.05) is 18.2 Å². The van der Waals surface area contributed by atoms with Crippen LogP contribution in [0, 0.1) is 21.3 Å². The molecule has 6 nitrogen and oxygen atoms in total. The molecule has 0 spiro atoms. The highest BCUT2D eigenvalue weighted by Crippen LogP contribution is 2.21. The van der Waals surface area contributed by atoms with Crippen LogP contribution < -0.4 is 5.32 Å². The van der Waals surface area contributed by atoms with Crippen LogP contribution in [0.5, 0.6) is 0 Å². The molecule has 1 unspecified atom stereocenters. The lowest BCUT2D eigenvalue weighted by Gasteiger charge is -2.22. The normalized spacial score (nSPS) is 12.8. The lowest BCUT2D eigenvalue weighted by atomic mass is 9.89. The lowest BCUT2D eigenvalue weighted by Crippen LogP contribution is -2.34. The average molecular weight is 298 g/mol. The summed E-state index contributed by atoms with van der Waals surface area (Å²) in [6.45, 7) is 5.91. The third-order valence-electron chi connectivity index (χ3n) is 2.75. The largest absolute Gasteiger partial charge is 0.391 e. The van der Waals surface area contributed by atoms with E-state index in [4.69, 9.17) is 0 Å². The van der Waals surface area contributed by atoms with Crippen LogP contribution in [0.3, 0.4) is 0 Å². The number of nitrogens with one attached hydrogen (secondary N) is 1. The van der Waals surface area contributed by atoms with E-state index in [9.17, 15) is 24.4 Å². The van der Waals surface area contributed by atoms with E-state index in [0.717, 1.165) is 18.2 Å². The monoisotopic (exact) mass is 298 g/mol. The highest BCUT2D eigenvalue weighted by molar-refractivity contribution is 5.94. The molecule has 0 fully saturated rings. The number of aliphatic hydroxyl groups excluding tert-OH is 1. The number of halogens is 1. The molecule has 2 N–H and O–H groups in total. The molecule has 0 aliphatic heterocycles. The number of carbonyl (C=O) groups is 1. The van der Waals surface area contributed by atoms with Gasteiger partial charge in [-0.3, -0.25) is 14.9 Å². The highest BCUT2D eigenvalue weighted by Gasteiger charge is 2.20. The summed E-state index contributed by atoms with van der Waals surface area (Å²) in [5.74, 6) is -1.59. The second-order valence-corrected chi connectivity index (χ2v) is 6.05. The van der Waals surface area contributed by atoms with E-state index in [0.29, 0.717) is 6.42 Å². The van der Waals surface area contributed by atoms with Crippen LogP contribution in [0.1, 0.15) is 37.6 Å². The molecule has 1 aromatic carbocycles. The Labute approximate surface area is 122 Å². The predicted molar refractivity (Wildman–Crippen MR) is 75.5 cm³/mol. The van der Waals surface area contributed by atoms with Crippen LogP contribution in [0.15, 0.2) is 18.2 Å². The Morgan fingerprint density at radius 3 is 2.62 bits per heavy atom. The average Bonchev–Trinajstić information content (AvgIpc) is 2.34. The maximum absolute atomic E-state index is 13.2. The Morgan fingerprint density at radius 2 is 2.10 bits per heavy atom. The van der Waals surface area contributed by atoms with E-state index in [-0.39, 0.29) is 17.5 Å². The van der Waals surface area contributed by atoms with Crippen LogP contribution in [-0.4, -0.2) is 28.6 Å². The summed E-state index contributed by atoms with van der Waals surface area (Å²) in [6.07, 6.45) is -0.221. The van der Waals surface area contributed by atoms with Crippen molar-refractivity contribution in [2.75, 3.05) is 6.54 Å². The van der Waals surface area contributed by atoms with Crippen molar-refractivity contribution >= 4 is 11.6 Å². The fourth-order valence-electron chi connectivity index (χ4n) is 1.89. The second kappa shape index (κ2) is 6.62. The number of benzene rings is 1. The Morgan fingerprint density at radius 1 is 1.48 bits per heavy atom. The SMILES string of the molecule is CC(C)(C)CC(O)CNC(=O)c1ccc(F)c([N+](=O)[O-])c1. The van der Waals surface area contributed by atoms with Gasteiger partial charge in [0.1, 0.15) is 0 Å². The van der Waals surface area contributed by atoms with Gasteiger partial charge in [0.25, 0.3) is 5.91 Å². The molecule has 0 radical (unpaired) electrons. The van der Waals surface area contributed by atoms with Gasteiger partial charge >= 0.3 is 5.69 Å². The van der Waals surface area contributed by atoms with Gasteiger partial charge in [-0.25, -0.2) is 0 Å². The van der Waals surface area contributed by atoms with Gasteiger partial charge < -0.3 is 10.4 Å².